The third-order valence-corrected chi connectivity index (χ3v) is 2.75. The summed E-state index contributed by atoms with van der Waals surface area (Å²) < 4.78 is 0. The molecule has 1 unspecified atom stereocenters. The monoisotopic (exact) mass is 187 g/mol. The summed E-state index contributed by atoms with van der Waals surface area (Å²) in [4.78, 5) is 10.8. The normalized spacial score (nSPS) is 15.1. The lowest BCUT2D eigenvalue weighted by Crippen LogP contribution is -2.34. The van der Waals surface area contributed by atoms with E-state index < -0.39 is 0 Å². The smallest absolute Gasteiger partial charge is 0.216 e. The van der Waals surface area contributed by atoms with Crippen molar-refractivity contribution >= 4 is 5.91 Å². The molecule has 2 nitrogen and oxygen atoms in total. The average molecular weight is 187 g/mol. The first kappa shape index (κ1) is 12.5. The summed E-state index contributed by atoms with van der Waals surface area (Å²) >= 11 is 0. The molecule has 0 saturated heterocycles. The van der Waals surface area contributed by atoms with Crippen molar-refractivity contribution in [2.75, 3.05) is 6.54 Å². The van der Waals surface area contributed by atoms with Gasteiger partial charge in [0.2, 0.25) is 5.91 Å². The molecule has 0 aliphatic rings. The fourth-order valence-electron chi connectivity index (χ4n) is 1.33. The highest BCUT2D eigenvalue weighted by molar-refractivity contribution is 5.72. The lowest BCUT2D eigenvalue weighted by Gasteiger charge is -2.28. The molecule has 0 aliphatic carbocycles. The molecule has 0 aromatic rings. The fraction of sp³-hybridized carbons (Fsp3) is 0.909. The molecule has 0 aromatic carbocycles. The maximum atomic E-state index is 10.8. The van der Waals surface area contributed by atoms with Crippen LogP contribution >= 0.6 is 0 Å². The van der Waals surface area contributed by atoms with Gasteiger partial charge in [-0.15, -0.1) is 0 Å². The van der Waals surface area contributed by atoms with E-state index in [1.165, 1.54) is 19.3 Å². The maximum Gasteiger partial charge on any atom is 0.216 e. The average Bonchev–Trinajstić information content (AvgIpc) is 2.11. The Kier molecular flexibility index (Phi) is 5.76. The van der Waals surface area contributed by atoms with E-state index in [0.717, 1.165) is 13.0 Å². The summed E-state index contributed by atoms with van der Waals surface area (Å²) in [5.41, 5.74) is 0.293. The van der Waals surface area contributed by atoms with E-state index >= 15 is 0 Å². The zero-order valence-electron chi connectivity index (χ0n) is 9.44. The molecule has 0 heterocycles. The Morgan fingerprint density at radius 1 is 1.46 bits per heavy atom. The van der Waals surface area contributed by atoms with Gasteiger partial charge in [0.25, 0.3) is 0 Å². The summed E-state index contributed by atoms with van der Waals surface area (Å²) in [6.07, 6.45) is 4.83. The lowest BCUT2D eigenvalue weighted by molar-refractivity contribution is -0.119. The van der Waals surface area contributed by atoms with Gasteiger partial charge in [0.05, 0.1) is 0 Å². The van der Waals surface area contributed by atoms with Gasteiger partial charge in [0, 0.05) is 14.9 Å². The summed E-state index contributed by atoms with van der Waals surface area (Å²) in [7, 11) is 0. The topological polar surface area (TPSA) is 29.1 Å². The molecule has 0 saturated carbocycles. The van der Waals surface area contributed by atoms with Gasteiger partial charge in [-0.3, -0.25) is 4.79 Å². The Morgan fingerprint density at radius 3 is 2.46 bits per heavy atom. The Bertz CT molecular complexity index is 161. The summed E-state index contributed by atoms with van der Waals surface area (Å²) in [6.45, 7) is 9.04. The molecule has 1 amide bonds. The number of carbonyl (C=O) groups excluding carboxylic acids is 1. The minimum absolute atomic E-state index is 0. The minimum atomic E-state index is 0. The van der Waals surface area contributed by atoms with E-state index in [1.54, 1.807) is 6.92 Å². The fourth-order valence-corrected chi connectivity index (χ4v) is 1.33. The predicted molar refractivity (Wildman–Crippen MR) is 58.7 cm³/mol. The molecule has 0 spiro atoms. The Balaban J connectivity index is 0. The van der Waals surface area contributed by atoms with E-state index in [9.17, 15) is 4.79 Å². The first-order valence-corrected chi connectivity index (χ1v) is 5.28. The maximum absolute atomic E-state index is 10.8. The van der Waals surface area contributed by atoms with Crippen LogP contribution in [-0.4, -0.2) is 12.5 Å². The van der Waals surface area contributed by atoms with E-state index in [-0.39, 0.29) is 7.33 Å². The van der Waals surface area contributed by atoms with E-state index in [1.807, 2.05) is 0 Å². The molecule has 0 aromatic heterocycles. The van der Waals surface area contributed by atoms with Crippen LogP contribution in [0.1, 0.15) is 54.8 Å². The van der Waals surface area contributed by atoms with Crippen molar-refractivity contribution < 1.29 is 6.22 Å². The van der Waals surface area contributed by atoms with Gasteiger partial charge in [0.15, 0.2) is 0 Å². The summed E-state index contributed by atoms with van der Waals surface area (Å²) in [5.74, 6) is 0.0798. The van der Waals surface area contributed by atoms with Crippen LogP contribution in [0.25, 0.3) is 0 Å². The number of amides is 1. The van der Waals surface area contributed by atoms with Crippen LogP contribution in [0.15, 0.2) is 0 Å². The summed E-state index contributed by atoms with van der Waals surface area (Å²) in [6, 6.07) is 0. The molecule has 13 heavy (non-hydrogen) atoms. The largest absolute Gasteiger partial charge is 0.356 e. The third kappa shape index (κ3) is 5.67. The number of hydrogen-bond donors (Lipinski definition) is 1. The molecule has 0 radical (unpaired) electrons. The first-order valence-electron chi connectivity index (χ1n) is 5.28. The zero-order valence-corrected chi connectivity index (χ0v) is 9.44. The third-order valence-electron chi connectivity index (χ3n) is 2.75. The quantitative estimate of drug-likeness (QED) is 0.680. The Morgan fingerprint density at radius 2 is 2.08 bits per heavy atom. The van der Waals surface area contributed by atoms with E-state index in [2.05, 4.69) is 26.1 Å². The lowest BCUT2D eigenvalue weighted by atomic mass is 9.82. The van der Waals surface area contributed by atoms with Gasteiger partial charge in [-0.2, -0.15) is 0 Å². The first-order chi connectivity index (χ1) is 6.04. The van der Waals surface area contributed by atoms with Gasteiger partial charge in [-0.1, -0.05) is 33.6 Å². The molecule has 1 atom stereocenters. The van der Waals surface area contributed by atoms with Crippen molar-refractivity contribution in [3.63, 3.8) is 0 Å². The van der Waals surface area contributed by atoms with Gasteiger partial charge < -0.3 is 5.32 Å². The van der Waals surface area contributed by atoms with Gasteiger partial charge in [0.1, 0.15) is 0 Å². The van der Waals surface area contributed by atoms with Gasteiger partial charge >= 0.3 is 0 Å². The summed E-state index contributed by atoms with van der Waals surface area (Å²) in [5, 5.41) is 2.91. The van der Waals surface area contributed by atoms with Crippen LogP contribution in [0, 0.1) is 5.41 Å². The van der Waals surface area contributed by atoms with Crippen LogP contribution in [0.3, 0.4) is 0 Å². The van der Waals surface area contributed by atoms with E-state index in [0.29, 0.717) is 5.41 Å². The Hall–Kier alpha value is -0.530. The highest BCUT2D eigenvalue weighted by Gasteiger charge is 2.21. The number of unbranched alkanes of at least 4 members (excludes halogenated alkanes) is 1. The molecular formula is C11H25NO. The molecule has 0 bridgehead atoms. The number of hydrogen-bond acceptors (Lipinski definition) is 1. The van der Waals surface area contributed by atoms with Crippen LogP contribution in [0.5, 0.6) is 0 Å². The number of nitrogens with one attached hydrogen (secondary N) is 1. The zero-order chi connectivity index (χ0) is 10.3. The van der Waals surface area contributed by atoms with Crippen LogP contribution in [0.4, 0.5) is 0 Å². The molecule has 80 valence electrons. The van der Waals surface area contributed by atoms with Crippen molar-refractivity contribution in [2.45, 2.75) is 53.4 Å². The Labute approximate surface area is 83.6 Å². The highest BCUT2D eigenvalue weighted by atomic mass is 16.1. The van der Waals surface area contributed by atoms with Crippen molar-refractivity contribution in [1.82, 2.24) is 5.32 Å². The molecule has 0 rings (SSSR count). The van der Waals surface area contributed by atoms with Crippen molar-refractivity contribution in [2.24, 2.45) is 5.41 Å². The number of carbonyl (C=O) groups is 1. The highest BCUT2D eigenvalue weighted by Crippen LogP contribution is 2.26. The van der Waals surface area contributed by atoms with Crippen molar-refractivity contribution in [1.29, 1.82) is 0 Å². The van der Waals surface area contributed by atoms with Gasteiger partial charge in [-0.05, 0) is 18.3 Å². The molecule has 2 heteroatoms. The standard InChI is InChI=1S/C11H23NO.H2/c1-5-7-8-11(4,6-2)9-12-10(3)13;/h5-9H2,1-4H3,(H,12,13);1H. The minimum Gasteiger partial charge on any atom is -0.356 e. The van der Waals surface area contributed by atoms with Crippen molar-refractivity contribution in [3.8, 4) is 0 Å². The van der Waals surface area contributed by atoms with Gasteiger partial charge in [-0.25, -0.2) is 0 Å². The predicted octanol–water partition coefficient (Wildman–Crippen LogP) is 2.98. The van der Waals surface area contributed by atoms with Crippen LogP contribution < -0.4 is 5.32 Å². The second-order valence-electron chi connectivity index (χ2n) is 4.18. The second kappa shape index (κ2) is 6.01. The molecule has 0 aliphatic heterocycles. The molecule has 1 N–H and O–H groups in total. The second-order valence-corrected chi connectivity index (χ2v) is 4.18. The van der Waals surface area contributed by atoms with Crippen LogP contribution in [-0.2, 0) is 4.79 Å². The number of rotatable bonds is 6. The van der Waals surface area contributed by atoms with Crippen LogP contribution in [0.2, 0.25) is 0 Å². The molecular weight excluding hydrogens is 162 g/mol. The molecule has 0 fully saturated rings. The van der Waals surface area contributed by atoms with E-state index in [4.69, 9.17) is 0 Å². The van der Waals surface area contributed by atoms with Crippen molar-refractivity contribution in [3.05, 3.63) is 0 Å². The SMILES string of the molecule is CCCCC(C)(CC)CNC(C)=O.[HH].